The van der Waals surface area contributed by atoms with Crippen molar-refractivity contribution in [2.24, 2.45) is 5.16 Å². The largest absolute Gasteiger partial charge is 0.543 e. The van der Waals surface area contributed by atoms with Crippen molar-refractivity contribution >= 4 is 63.3 Å². The van der Waals surface area contributed by atoms with Crippen molar-refractivity contribution in [1.82, 2.24) is 19.6 Å². The SMILES string of the molecule is C[N+]1(CC2=C(C(=O)[O-])N3C(=O)[C@@H](NC(=O)/C(=N\O)c4nsc(N)n4)[C@@H]3SC2)Cc2ccsc2C1. The van der Waals surface area contributed by atoms with Crippen LogP contribution < -0.4 is 16.2 Å². The van der Waals surface area contributed by atoms with Crippen molar-refractivity contribution in [2.45, 2.75) is 24.5 Å². The Bertz CT molecular complexity index is 1250. The fraction of sp³-hybridized carbons (Fsp3) is 0.368. The summed E-state index contributed by atoms with van der Waals surface area (Å²) in [5, 5.41) is 28.2. The number of likely N-dealkylation sites (N-methyl/N-ethyl adjacent to an activating group) is 1. The number of nitrogens with one attached hydrogen (secondary N) is 1. The second-order valence-corrected chi connectivity index (χ2v) is 11.4. The Morgan fingerprint density at radius 3 is 2.88 bits per heavy atom. The molecule has 5 rings (SSSR count). The van der Waals surface area contributed by atoms with E-state index in [1.165, 1.54) is 27.1 Å². The maximum atomic E-state index is 12.9. The smallest absolute Gasteiger partial charge is 0.278 e. The van der Waals surface area contributed by atoms with Gasteiger partial charge in [0.25, 0.3) is 11.8 Å². The molecule has 0 spiro atoms. The lowest BCUT2D eigenvalue weighted by Gasteiger charge is -2.51. The standard InChI is InChI=1S/C19H19N7O5S3/c1-26(4-8-2-3-32-10(8)6-26)5-9-7-33-17-12(16(28)25(17)13(9)18(29)30)21-15(27)11(23-31)14-22-19(20)34-24-14/h2-3,12,17H,4-7H2,1H3,(H4-,20,21,22,24,27,29,30,31)/t12-,17+,26?/m1/s1. The molecule has 2 aromatic heterocycles. The van der Waals surface area contributed by atoms with Crippen molar-refractivity contribution in [3.05, 3.63) is 39.0 Å². The number of anilines is 1. The number of β-lactam (4-membered cyclic amide) rings is 1. The second kappa shape index (κ2) is 8.33. The zero-order chi connectivity index (χ0) is 24.2. The molecule has 0 aromatic carbocycles. The molecule has 3 aliphatic heterocycles. The van der Waals surface area contributed by atoms with Gasteiger partial charge in [0, 0.05) is 28.4 Å². The van der Waals surface area contributed by atoms with Gasteiger partial charge in [0.1, 0.15) is 31.0 Å². The number of aromatic nitrogens is 2. The first-order chi connectivity index (χ1) is 16.2. The van der Waals surface area contributed by atoms with Crippen LogP contribution in [0.15, 0.2) is 27.9 Å². The molecular formula is C19H19N7O5S3. The van der Waals surface area contributed by atoms with E-state index in [4.69, 9.17) is 5.73 Å². The van der Waals surface area contributed by atoms with E-state index in [-0.39, 0.29) is 16.7 Å². The van der Waals surface area contributed by atoms with Crippen LogP contribution in [0.4, 0.5) is 5.13 Å². The normalized spacial score (nSPS) is 26.2. The fourth-order valence-electron chi connectivity index (χ4n) is 4.56. The van der Waals surface area contributed by atoms with Crippen LogP contribution in [0.5, 0.6) is 0 Å². The zero-order valence-corrected chi connectivity index (χ0v) is 20.2. The van der Waals surface area contributed by atoms with Gasteiger partial charge in [0.2, 0.25) is 11.5 Å². The Morgan fingerprint density at radius 1 is 1.44 bits per heavy atom. The number of oxime groups is 1. The molecular weight excluding hydrogens is 502 g/mol. The van der Waals surface area contributed by atoms with Crippen LogP contribution in [0, 0.1) is 0 Å². The van der Waals surface area contributed by atoms with E-state index < -0.39 is 34.9 Å². The lowest BCUT2D eigenvalue weighted by molar-refractivity contribution is -0.924. The molecule has 3 atom stereocenters. The average molecular weight is 522 g/mol. The highest BCUT2D eigenvalue weighted by molar-refractivity contribution is 8.00. The number of carbonyl (C=O) groups is 3. The van der Waals surface area contributed by atoms with E-state index >= 15 is 0 Å². The number of hydrogen-bond acceptors (Lipinski definition) is 12. The summed E-state index contributed by atoms with van der Waals surface area (Å²) in [5.41, 5.74) is 6.80. The molecule has 0 saturated carbocycles. The number of carboxylic acids is 1. The first-order valence-corrected chi connectivity index (χ1v) is 12.8. The molecule has 15 heteroatoms. The van der Waals surface area contributed by atoms with Gasteiger partial charge >= 0.3 is 0 Å². The third-order valence-corrected chi connectivity index (χ3v) is 8.81. The van der Waals surface area contributed by atoms with E-state index in [1.807, 2.05) is 0 Å². The summed E-state index contributed by atoms with van der Waals surface area (Å²) in [6.07, 6.45) is 0. The number of nitrogens with two attached hydrogens (primary N) is 1. The third kappa shape index (κ3) is 3.73. The van der Waals surface area contributed by atoms with Crippen molar-refractivity contribution in [3.63, 3.8) is 0 Å². The molecule has 0 bridgehead atoms. The molecule has 3 aliphatic rings. The molecule has 34 heavy (non-hydrogen) atoms. The van der Waals surface area contributed by atoms with Gasteiger partial charge in [-0.1, -0.05) is 5.16 Å². The minimum Gasteiger partial charge on any atom is -0.543 e. The first-order valence-electron chi connectivity index (χ1n) is 10.1. The van der Waals surface area contributed by atoms with E-state index in [9.17, 15) is 24.7 Å². The number of carboxylic acid groups (broad SMARTS) is 1. The van der Waals surface area contributed by atoms with Crippen LogP contribution in [0.3, 0.4) is 0 Å². The Kier molecular flexibility index (Phi) is 5.58. The van der Waals surface area contributed by atoms with Crippen molar-refractivity contribution in [3.8, 4) is 0 Å². The van der Waals surface area contributed by atoms with Gasteiger partial charge in [-0.05, 0) is 11.4 Å². The molecule has 1 saturated heterocycles. The molecule has 2 aromatic rings. The predicted molar refractivity (Wildman–Crippen MR) is 122 cm³/mol. The van der Waals surface area contributed by atoms with Crippen LogP contribution >= 0.6 is 34.6 Å². The fourth-order valence-corrected chi connectivity index (χ4v) is 7.40. The summed E-state index contributed by atoms with van der Waals surface area (Å²) < 4.78 is 4.46. The van der Waals surface area contributed by atoms with Crippen LogP contribution in [0.2, 0.25) is 0 Å². The monoisotopic (exact) mass is 521 g/mol. The Labute approximate surface area is 205 Å². The van der Waals surface area contributed by atoms with E-state index in [2.05, 4.69) is 38.3 Å². The highest BCUT2D eigenvalue weighted by Crippen LogP contribution is 2.42. The number of carbonyl (C=O) groups excluding carboxylic acids is 3. The molecule has 1 fully saturated rings. The molecule has 178 valence electrons. The summed E-state index contributed by atoms with van der Waals surface area (Å²) in [5.74, 6) is -2.65. The molecule has 4 N–H and O–H groups in total. The highest BCUT2D eigenvalue weighted by Gasteiger charge is 2.54. The number of nitrogens with zero attached hydrogens (tertiary/aromatic N) is 5. The van der Waals surface area contributed by atoms with E-state index in [0.29, 0.717) is 22.4 Å². The number of fused-ring (bicyclic) bond motifs is 2. The molecule has 12 nitrogen and oxygen atoms in total. The Hall–Kier alpha value is -3.01. The maximum absolute atomic E-state index is 12.9. The number of thioether (sulfide) groups is 1. The number of hydrogen-bond donors (Lipinski definition) is 3. The minimum atomic E-state index is -1.42. The molecule has 0 radical (unpaired) electrons. The second-order valence-electron chi connectivity index (χ2n) is 8.47. The first kappa shape index (κ1) is 22.8. The zero-order valence-electron chi connectivity index (χ0n) is 17.8. The number of quaternary nitrogens is 1. The van der Waals surface area contributed by atoms with Gasteiger partial charge in [-0.3, -0.25) is 14.5 Å². The van der Waals surface area contributed by atoms with Crippen molar-refractivity contribution in [2.75, 3.05) is 25.1 Å². The van der Waals surface area contributed by atoms with Crippen molar-refractivity contribution < 1.29 is 29.2 Å². The summed E-state index contributed by atoms with van der Waals surface area (Å²) >= 11 is 3.88. The molecule has 2 amide bonds. The van der Waals surface area contributed by atoms with Gasteiger partial charge in [0.15, 0.2) is 5.13 Å². The van der Waals surface area contributed by atoms with Gasteiger partial charge < -0.3 is 30.6 Å². The van der Waals surface area contributed by atoms with Gasteiger partial charge in [0.05, 0.1) is 23.6 Å². The van der Waals surface area contributed by atoms with Gasteiger partial charge in [-0.2, -0.15) is 9.36 Å². The van der Waals surface area contributed by atoms with Crippen LogP contribution in [-0.2, 0) is 27.5 Å². The van der Waals surface area contributed by atoms with Crippen molar-refractivity contribution in [1.29, 1.82) is 0 Å². The molecule has 5 heterocycles. The number of aliphatic carboxylic acids is 1. The van der Waals surface area contributed by atoms with Crippen LogP contribution in [0.1, 0.15) is 16.3 Å². The minimum absolute atomic E-state index is 0.0818. The van der Waals surface area contributed by atoms with E-state index in [0.717, 1.165) is 24.6 Å². The summed E-state index contributed by atoms with van der Waals surface area (Å²) in [7, 11) is 2.07. The topological polar surface area (TPSA) is 174 Å². The van der Waals surface area contributed by atoms with Gasteiger partial charge in [-0.25, -0.2) is 0 Å². The Morgan fingerprint density at radius 2 is 2.24 bits per heavy atom. The third-order valence-electron chi connectivity index (χ3n) is 5.98. The number of nitrogen functional groups attached to an aromatic ring is 1. The summed E-state index contributed by atoms with van der Waals surface area (Å²) in [6.45, 7) is 2.07. The predicted octanol–water partition coefficient (Wildman–Crippen LogP) is -1.08. The quantitative estimate of drug-likeness (QED) is 0.140. The van der Waals surface area contributed by atoms with E-state index in [1.54, 1.807) is 11.3 Å². The van der Waals surface area contributed by atoms with Crippen LogP contribution in [0.25, 0.3) is 0 Å². The number of amides is 2. The highest BCUT2D eigenvalue weighted by atomic mass is 32.2. The lowest BCUT2D eigenvalue weighted by Crippen LogP contribution is -2.71. The summed E-state index contributed by atoms with van der Waals surface area (Å²) in [4.78, 5) is 43.9. The maximum Gasteiger partial charge on any atom is 0.278 e. The summed E-state index contributed by atoms with van der Waals surface area (Å²) in [6, 6.07) is 1.10. The number of rotatable bonds is 6. The average Bonchev–Trinajstić information content (AvgIpc) is 3.47. The lowest BCUT2D eigenvalue weighted by atomic mass is 10.0. The molecule has 1 unspecified atom stereocenters. The number of thiophene rings is 1. The molecule has 0 aliphatic carbocycles. The van der Waals surface area contributed by atoms with Gasteiger partial charge in [-0.15, -0.1) is 23.1 Å². The Balaban J connectivity index is 1.33. The van der Waals surface area contributed by atoms with Crippen LogP contribution in [-0.4, -0.2) is 78.2 Å².